The van der Waals surface area contributed by atoms with Gasteiger partial charge >= 0.3 is 0 Å². The zero-order valence-corrected chi connectivity index (χ0v) is 14.6. The quantitative estimate of drug-likeness (QED) is 0.781. The zero-order chi connectivity index (χ0) is 14.1. The van der Waals surface area contributed by atoms with Gasteiger partial charge in [0.25, 0.3) is 0 Å². The minimum Gasteiger partial charge on any atom is -0.490 e. The summed E-state index contributed by atoms with van der Waals surface area (Å²) in [5.41, 5.74) is 7.37. The first-order valence-corrected chi connectivity index (χ1v) is 8.65. The molecule has 1 aromatic carbocycles. The average Bonchev–Trinajstić information content (AvgIpc) is 2.73. The summed E-state index contributed by atoms with van der Waals surface area (Å²) in [7, 11) is 0. The van der Waals surface area contributed by atoms with Gasteiger partial charge in [0.15, 0.2) is 11.5 Å². The molecule has 0 amide bonds. The SMILES string of the molecule is NC(c1ccc(Br)s1)c1cc2c(cc1Br)OCCCO2. The second kappa shape index (κ2) is 6.05. The van der Waals surface area contributed by atoms with Crippen molar-refractivity contribution in [2.45, 2.75) is 12.5 Å². The van der Waals surface area contributed by atoms with E-state index < -0.39 is 0 Å². The Morgan fingerprint density at radius 3 is 2.45 bits per heavy atom. The van der Waals surface area contributed by atoms with E-state index in [9.17, 15) is 0 Å². The van der Waals surface area contributed by atoms with Crippen molar-refractivity contribution in [3.05, 3.63) is 43.0 Å². The summed E-state index contributed by atoms with van der Waals surface area (Å²) in [5.74, 6) is 1.55. The molecule has 0 aliphatic carbocycles. The number of ether oxygens (including phenoxy) is 2. The van der Waals surface area contributed by atoms with Crippen molar-refractivity contribution in [3.63, 3.8) is 0 Å². The highest BCUT2D eigenvalue weighted by Gasteiger charge is 2.19. The third-order valence-corrected chi connectivity index (χ3v) is 5.50. The third-order valence-electron chi connectivity index (χ3n) is 3.10. The van der Waals surface area contributed by atoms with Crippen LogP contribution in [0, 0.1) is 0 Å². The molecule has 106 valence electrons. The van der Waals surface area contributed by atoms with E-state index in [1.54, 1.807) is 11.3 Å². The highest BCUT2D eigenvalue weighted by Crippen LogP contribution is 2.40. The van der Waals surface area contributed by atoms with Crippen LogP contribution in [0.5, 0.6) is 11.5 Å². The fourth-order valence-corrected chi connectivity index (χ4v) is 4.10. The van der Waals surface area contributed by atoms with Crippen LogP contribution in [0.4, 0.5) is 0 Å². The molecule has 0 bridgehead atoms. The molecule has 2 N–H and O–H groups in total. The van der Waals surface area contributed by atoms with Gasteiger partial charge in [-0.05, 0) is 45.8 Å². The van der Waals surface area contributed by atoms with Crippen LogP contribution in [0.2, 0.25) is 0 Å². The van der Waals surface area contributed by atoms with Gasteiger partial charge in [-0.25, -0.2) is 0 Å². The van der Waals surface area contributed by atoms with Crippen LogP contribution in [0.3, 0.4) is 0 Å². The van der Waals surface area contributed by atoms with E-state index in [2.05, 4.69) is 31.9 Å². The number of fused-ring (bicyclic) bond motifs is 1. The topological polar surface area (TPSA) is 44.5 Å². The van der Waals surface area contributed by atoms with Crippen LogP contribution in [0.25, 0.3) is 0 Å². The maximum Gasteiger partial charge on any atom is 0.162 e. The van der Waals surface area contributed by atoms with Crippen molar-refractivity contribution in [3.8, 4) is 11.5 Å². The molecule has 20 heavy (non-hydrogen) atoms. The van der Waals surface area contributed by atoms with Crippen LogP contribution < -0.4 is 15.2 Å². The van der Waals surface area contributed by atoms with Crippen LogP contribution >= 0.6 is 43.2 Å². The lowest BCUT2D eigenvalue weighted by atomic mass is 10.1. The van der Waals surface area contributed by atoms with Crippen molar-refractivity contribution >= 4 is 43.2 Å². The Hall–Kier alpha value is -0.560. The molecule has 1 unspecified atom stereocenters. The highest BCUT2D eigenvalue weighted by atomic mass is 79.9. The predicted molar refractivity (Wildman–Crippen MR) is 87.8 cm³/mol. The van der Waals surface area contributed by atoms with E-state index in [0.717, 1.165) is 36.6 Å². The summed E-state index contributed by atoms with van der Waals surface area (Å²) in [6.07, 6.45) is 0.894. The van der Waals surface area contributed by atoms with Gasteiger partial charge in [0.2, 0.25) is 0 Å². The van der Waals surface area contributed by atoms with Gasteiger partial charge in [-0.3, -0.25) is 0 Å². The van der Waals surface area contributed by atoms with Crippen molar-refractivity contribution in [1.82, 2.24) is 0 Å². The molecule has 3 nitrogen and oxygen atoms in total. The standard InChI is InChI=1S/C14H13Br2NO2S/c15-9-7-11-10(18-4-1-5-19-11)6-8(9)14(17)12-2-3-13(16)20-12/h2-3,6-7,14H,1,4-5,17H2. The summed E-state index contributed by atoms with van der Waals surface area (Å²) in [6.45, 7) is 1.36. The van der Waals surface area contributed by atoms with Crippen LogP contribution in [0.1, 0.15) is 22.9 Å². The predicted octanol–water partition coefficient (Wildman–Crippen LogP) is 4.48. The number of hydrogen-bond acceptors (Lipinski definition) is 4. The van der Waals surface area contributed by atoms with Crippen molar-refractivity contribution in [1.29, 1.82) is 0 Å². The summed E-state index contributed by atoms with van der Waals surface area (Å²) < 4.78 is 13.4. The fourth-order valence-electron chi connectivity index (χ4n) is 2.09. The largest absolute Gasteiger partial charge is 0.490 e. The van der Waals surface area contributed by atoms with Crippen LogP contribution in [0.15, 0.2) is 32.5 Å². The molecule has 0 saturated carbocycles. The first kappa shape index (κ1) is 14.4. The lowest BCUT2D eigenvalue weighted by molar-refractivity contribution is 0.297. The van der Waals surface area contributed by atoms with Crippen LogP contribution in [-0.2, 0) is 0 Å². The minimum atomic E-state index is -0.183. The fraction of sp³-hybridized carbons (Fsp3) is 0.286. The van der Waals surface area contributed by atoms with Gasteiger partial charge in [0.1, 0.15) is 0 Å². The van der Waals surface area contributed by atoms with E-state index in [1.807, 2.05) is 24.3 Å². The Labute approximate surface area is 138 Å². The summed E-state index contributed by atoms with van der Waals surface area (Å²) >= 11 is 8.69. The van der Waals surface area contributed by atoms with Gasteiger partial charge in [0, 0.05) is 15.8 Å². The van der Waals surface area contributed by atoms with Crippen LogP contribution in [-0.4, -0.2) is 13.2 Å². The van der Waals surface area contributed by atoms with E-state index in [0.29, 0.717) is 13.2 Å². The Morgan fingerprint density at radius 1 is 1.10 bits per heavy atom. The van der Waals surface area contributed by atoms with Gasteiger partial charge < -0.3 is 15.2 Å². The van der Waals surface area contributed by atoms with E-state index in [4.69, 9.17) is 15.2 Å². The molecule has 0 spiro atoms. The molecule has 0 radical (unpaired) electrons. The summed E-state index contributed by atoms with van der Waals surface area (Å²) in [6, 6.07) is 7.78. The molecular formula is C14H13Br2NO2S. The Balaban J connectivity index is 1.99. The van der Waals surface area contributed by atoms with Gasteiger partial charge in [-0.1, -0.05) is 15.9 Å². The number of rotatable bonds is 2. The molecule has 1 aliphatic rings. The second-order valence-electron chi connectivity index (χ2n) is 4.49. The molecule has 1 atom stereocenters. The lowest BCUT2D eigenvalue weighted by Gasteiger charge is -2.16. The molecular weight excluding hydrogens is 406 g/mol. The number of benzene rings is 1. The number of halogens is 2. The molecule has 1 aliphatic heterocycles. The van der Waals surface area contributed by atoms with Crippen molar-refractivity contribution in [2.75, 3.05) is 13.2 Å². The second-order valence-corrected chi connectivity index (χ2v) is 7.84. The molecule has 0 saturated heterocycles. The van der Waals surface area contributed by atoms with E-state index >= 15 is 0 Å². The molecule has 1 aromatic heterocycles. The minimum absolute atomic E-state index is 0.183. The lowest BCUT2D eigenvalue weighted by Crippen LogP contribution is -2.11. The van der Waals surface area contributed by atoms with Crippen molar-refractivity contribution in [2.24, 2.45) is 5.73 Å². The first-order valence-electron chi connectivity index (χ1n) is 6.25. The third kappa shape index (κ3) is 2.88. The maximum atomic E-state index is 6.37. The number of nitrogens with two attached hydrogens (primary N) is 1. The van der Waals surface area contributed by atoms with Crippen molar-refractivity contribution < 1.29 is 9.47 Å². The number of hydrogen-bond donors (Lipinski definition) is 1. The Kier molecular flexibility index (Phi) is 4.35. The van der Waals surface area contributed by atoms with Gasteiger partial charge in [-0.2, -0.15) is 0 Å². The average molecular weight is 419 g/mol. The number of thiophene rings is 1. The van der Waals surface area contributed by atoms with E-state index in [-0.39, 0.29) is 6.04 Å². The smallest absolute Gasteiger partial charge is 0.162 e. The Bertz CT molecular complexity index is 630. The van der Waals surface area contributed by atoms with Gasteiger partial charge in [-0.15, -0.1) is 11.3 Å². The highest BCUT2D eigenvalue weighted by molar-refractivity contribution is 9.11. The summed E-state index contributed by atoms with van der Waals surface area (Å²) in [5, 5.41) is 0. The van der Waals surface area contributed by atoms with E-state index in [1.165, 1.54) is 0 Å². The first-order chi connectivity index (χ1) is 9.65. The van der Waals surface area contributed by atoms with Gasteiger partial charge in [0.05, 0.1) is 23.0 Å². The molecule has 3 rings (SSSR count). The maximum absolute atomic E-state index is 6.37. The zero-order valence-electron chi connectivity index (χ0n) is 10.6. The Morgan fingerprint density at radius 2 is 1.80 bits per heavy atom. The molecule has 2 aromatic rings. The monoisotopic (exact) mass is 417 g/mol. The molecule has 0 fully saturated rings. The molecule has 6 heteroatoms. The molecule has 2 heterocycles. The summed E-state index contributed by atoms with van der Waals surface area (Å²) in [4.78, 5) is 1.10. The normalized spacial score (nSPS) is 15.8.